The van der Waals surface area contributed by atoms with Crippen LogP contribution in [0.2, 0.25) is 5.02 Å². The van der Waals surface area contributed by atoms with Crippen LogP contribution in [-0.4, -0.2) is 14.2 Å². The lowest BCUT2D eigenvalue weighted by molar-refractivity contribution is 0.398. The minimum absolute atomic E-state index is 0.137. The lowest BCUT2D eigenvalue weighted by Crippen LogP contribution is -2.19. The Balaban J connectivity index is 2.35. The molecule has 1 unspecified atom stereocenters. The number of benzene rings is 2. The van der Waals surface area contributed by atoms with E-state index in [2.05, 4.69) is 52.4 Å². The zero-order chi connectivity index (χ0) is 15.4. The second-order valence-electron chi connectivity index (χ2n) is 5.04. The number of likely N-dealkylation sites (N-methyl/N-ethyl adjacent to an activating group) is 1. The zero-order valence-electron chi connectivity index (χ0n) is 12.4. The lowest BCUT2D eigenvalue weighted by atomic mass is 9.97. The predicted octanol–water partition coefficient (Wildman–Crippen LogP) is 4.92. The highest BCUT2D eigenvalue weighted by Gasteiger charge is 2.18. The van der Waals surface area contributed by atoms with Crippen molar-refractivity contribution in [3.63, 3.8) is 0 Å². The third-order valence-electron chi connectivity index (χ3n) is 3.53. The molecule has 0 aromatic heterocycles. The Kier molecular flexibility index (Phi) is 5.68. The monoisotopic (exact) mass is 367 g/mol. The maximum Gasteiger partial charge on any atom is 0.137 e. The van der Waals surface area contributed by atoms with E-state index in [0.717, 1.165) is 22.2 Å². The van der Waals surface area contributed by atoms with Crippen molar-refractivity contribution in [1.82, 2.24) is 5.32 Å². The van der Waals surface area contributed by atoms with Crippen molar-refractivity contribution in [2.75, 3.05) is 14.2 Å². The number of nitrogens with one attached hydrogen (secondary N) is 1. The molecule has 2 aromatic carbocycles. The highest BCUT2D eigenvalue weighted by molar-refractivity contribution is 9.10. The van der Waals surface area contributed by atoms with Crippen molar-refractivity contribution in [1.29, 1.82) is 0 Å². The quantitative estimate of drug-likeness (QED) is 0.808. The minimum Gasteiger partial charge on any atom is -0.495 e. The Bertz CT molecular complexity index is 613. The maximum absolute atomic E-state index is 6.19. The molecule has 0 heterocycles. The van der Waals surface area contributed by atoms with Gasteiger partial charge in [0.2, 0.25) is 0 Å². The van der Waals surface area contributed by atoms with E-state index in [1.54, 1.807) is 7.11 Å². The highest BCUT2D eigenvalue weighted by atomic mass is 79.9. The number of halogens is 2. The molecule has 0 saturated carbocycles. The smallest absolute Gasteiger partial charge is 0.137 e. The van der Waals surface area contributed by atoms with Gasteiger partial charge >= 0.3 is 0 Å². The van der Waals surface area contributed by atoms with Gasteiger partial charge in [0.15, 0.2) is 0 Å². The normalized spacial score (nSPS) is 12.2. The van der Waals surface area contributed by atoms with E-state index in [-0.39, 0.29) is 6.04 Å². The summed E-state index contributed by atoms with van der Waals surface area (Å²) in [7, 11) is 3.63. The zero-order valence-corrected chi connectivity index (χ0v) is 14.8. The molecule has 2 rings (SSSR count). The second-order valence-corrected chi connectivity index (χ2v) is 6.33. The van der Waals surface area contributed by atoms with Crippen molar-refractivity contribution in [3.8, 4) is 5.75 Å². The number of rotatable bonds is 5. The molecule has 0 spiro atoms. The van der Waals surface area contributed by atoms with Gasteiger partial charge in [0, 0.05) is 16.6 Å². The van der Waals surface area contributed by atoms with Gasteiger partial charge in [0.25, 0.3) is 0 Å². The molecule has 0 aliphatic carbocycles. The summed E-state index contributed by atoms with van der Waals surface area (Å²) in [5, 5.41) is 4.05. The van der Waals surface area contributed by atoms with Crippen LogP contribution >= 0.6 is 27.5 Å². The molecule has 0 fully saturated rings. The molecule has 0 saturated heterocycles. The number of methoxy groups -OCH3 is 1. The van der Waals surface area contributed by atoms with Gasteiger partial charge in [0.1, 0.15) is 5.75 Å². The Morgan fingerprint density at radius 1 is 1.24 bits per heavy atom. The van der Waals surface area contributed by atoms with E-state index >= 15 is 0 Å². The van der Waals surface area contributed by atoms with E-state index in [9.17, 15) is 0 Å². The summed E-state index contributed by atoms with van der Waals surface area (Å²) in [6.45, 7) is 2.09. The van der Waals surface area contributed by atoms with Crippen molar-refractivity contribution < 1.29 is 4.74 Å². The number of aryl methyl sites for hydroxylation is 1. The number of hydrogen-bond acceptors (Lipinski definition) is 2. The highest BCUT2D eigenvalue weighted by Crippen LogP contribution is 2.37. The van der Waals surface area contributed by atoms with Crippen LogP contribution in [0.4, 0.5) is 0 Å². The maximum atomic E-state index is 6.19. The van der Waals surface area contributed by atoms with E-state index in [1.165, 1.54) is 11.1 Å². The average molecular weight is 369 g/mol. The van der Waals surface area contributed by atoms with E-state index in [4.69, 9.17) is 16.3 Å². The van der Waals surface area contributed by atoms with Crippen LogP contribution in [0.3, 0.4) is 0 Å². The van der Waals surface area contributed by atoms with Gasteiger partial charge in [0.05, 0.1) is 11.6 Å². The molecule has 1 N–H and O–H groups in total. The summed E-state index contributed by atoms with van der Waals surface area (Å²) in [5.74, 6) is 0.825. The Morgan fingerprint density at radius 2 is 1.90 bits per heavy atom. The molecule has 0 amide bonds. The van der Waals surface area contributed by atoms with Crippen LogP contribution in [0.25, 0.3) is 0 Å². The van der Waals surface area contributed by atoms with Gasteiger partial charge in [-0.15, -0.1) is 0 Å². The topological polar surface area (TPSA) is 21.3 Å². The van der Waals surface area contributed by atoms with Crippen LogP contribution < -0.4 is 10.1 Å². The van der Waals surface area contributed by atoms with Crippen LogP contribution in [0.5, 0.6) is 5.75 Å². The second kappa shape index (κ2) is 7.30. The summed E-state index contributed by atoms with van der Waals surface area (Å²) in [5.41, 5.74) is 3.60. The molecule has 2 aromatic rings. The summed E-state index contributed by atoms with van der Waals surface area (Å²) < 4.78 is 6.40. The molecule has 0 aliphatic rings. The van der Waals surface area contributed by atoms with Gasteiger partial charge in [-0.1, -0.05) is 41.4 Å². The molecule has 0 bridgehead atoms. The fraction of sp³-hybridized carbons (Fsp3) is 0.294. The molecule has 0 aliphatic heterocycles. The first-order chi connectivity index (χ1) is 10.0. The molecular weight excluding hydrogens is 350 g/mol. The molecule has 2 nitrogen and oxygen atoms in total. The summed E-state index contributed by atoms with van der Waals surface area (Å²) in [4.78, 5) is 0. The molecule has 4 heteroatoms. The van der Waals surface area contributed by atoms with E-state index in [0.29, 0.717) is 5.02 Å². The number of hydrogen-bond donors (Lipinski definition) is 1. The third kappa shape index (κ3) is 4.00. The van der Waals surface area contributed by atoms with Crippen molar-refractivity contribution >= 4 is 27.5 Å². The summed E-state index contributed by atoms with van der Waals surface area (Å²) >= 11 is 9.70. The van der Waals surface area contributed by atoms with Gasteiger partial charge in [-0.3, -0.25) is 0 Å². The standard InChI is InChI=1S/C17H19BrClNO/c1-11-4-6-12(7-5-11)8-16(20-2)14-9-13(19)10-15(18)17(14)21-3/h4-7,9-10,16,20H,8H2,1-3H3. The van der Waals surface area contributed by atoms with Crippen LogP contribution in [-0.2, 0) is 6.42 Å². The van der Waals surface area contributed by atoms with Crippen LogP contribution in [0, 0.1) is 6.92 Å². The van der Waals surface area contributed by atoms with E-state index in [1.807, 2.05) is 19.2 Å². The van der Waals surface area contributed by atoms with Gasteiger partial charge < -0.3 is 10.1 Å². The Morgan fingerprint density at radius 3 is 2.48 bits per heavy atom. The van der Waals surface area contributed by atoms with E-state index < -0.39 is 0 Å². The largest absolute Gasteiger partial charge is 0.495 e. The SMILES string of the molecule is CNC(Cc1ccc(C)cc1)c1cc(Cl)cc(Br)c1OC. The van der Waals surface area contributed by atoms with Crippen LogP contribution in [0.15, 0.2) is 40.9 Å². The Hall–Kier alpha value is -1.03. The summed E-state index contributed by atoms with van der Waals surface area (Å²) in [6, 6.07) is 12.5. The minimum atomic E-state index is 0.137. The summed E-state index contributed by atoms with van der Waals surface area (Å²) in [6.07, 6.45) is 0.875. The number of ether oxygens (including phenoxy) is 1. The molecule has 1 atom stereocenters. The lowest BCUT2D eigenvalue weighted by Gasteiger charge is -2.21. The molecule has 21 heavy (non-hydrogen) atoms. The fourth-order valence-corrected chi connectivity index (χ4v) is 3.38. The van der Waals surface area contributed by atoms with Crippen molar-refractivity contribution in [3.05, 3.63) is 62.6 Å². The molecular formula is C17H19BrClNO. The van der Waals surface area contributed by atoms with Crippen LogP contribution in [0.1, 0.15) is 22.7 Å². The average Bonchev–Trinajstić information content (AvgIpc) is 2.46. The molecule has 112 valence electrons. The van der Waals surface area contributed by atoms with Crippen molar-refractivity contribution in [2.24, 2.45) is 0 Å². The first-order valence-corrected chi connectivity index (χ1v) is 7.98. The van der Waals surface area contributed by atoms with Gasteiger partial charge in [-0.2, -0.15) is 0 Å². The third-order valence-corrected chi connectivity index (χ3v) is 4.33. The first-order valence-electron chi connectivity index (χ1n) is 6.81. The Labute approximate surface area is 139 Å². The molecule has 0 radical (unpaired) electrons. The predicted molar refractivity (Wildman–Crippen MR) is 92.4 cm³/mol. The van der Waals surface area contributed by atoms with Gasteiger partial charge in [-0.05, 0) is 54.0 Å². The van der Waals surface area contributed by atoms with Crippen molar-refractivity contribution in [2.45, 2.75) is 19.4 Å². The fourth-order valence-electron chi connectivity index (χ4n) is 2.38. The van der Waals surface area contributed by atoms with Gasteiger partial charge in [-0.25, -0.2) is 0 Å². The first kappa shape index (κ1) is 16.3.